The number of hydrogen-bond donors (Lipinski definition) is 1. The van der Waals surface area contributed by atoms with Crippen LogP contribution in [0.3, 0.4) is 0 Å². The minimum absolute atomic E-state index is 0.162. The number of nitrogens with zero attached hydrogens (tertiary/aromatic N) is 1. The summed E-state index contributed by atoms with van der Waals surface area (Å²) in [6, 6.07) is 12.7. The summed E-state index contributed by atoms with van der Waals surface area (Å²) in [5.74, 6) is -0.206. The van der Waals surface area contributed by atoms with E-state index in [1.54, 1.807) is 0 Å². The number of nitrogen functional groups attached to an aromatic ring is 1. The first-order valence-electron chi connectivity index (χ1n) is 6.86. The molecule has 0 saturated heterocycles. The van der Waals surface area contributed by atoms with Gasteiger partial charge in [0.25, 0.3) is 0 Å². The second-order valence-electron chi connectivity index (χ2n) is 6.29. The summed E-state index contributed by atoms with van der Waals surface area (Å²) < 4.78 is 13.1. The largest absolute Gasteiger partial charge is 0.399 e. The second-order valence-corrected chi connectivity index (χ2v) is 6.29. The number of nitrogens with two attached hydrogens (primary N) is 1. The fourth-order valence-corrected chi connectivity index (χ4v) is 2.95. The molecule has 0 aromatic heterocycles. The van der Waals surface area contributed by atoms with Crippen molar-refractivity contribution < 1.29 is 4.39 Å². The molecule has 104 valence electrons. The van der Waals surface area contributed by atoms with E-state index in [2.05, 4.69) is 24.8 Å². The molecule has 3 heteroatoms. The zero-order valence-electron chi connectivity index (χ0n) is 11.9. The summed E-state index contributed by atoms with van der Waals surface area (Å²) in [5.41, 5.74) is 10.3. The molecule has 0 amide bonds. The molecule has 0 fully saturated rings. The minimum atomic E-state index is -0.206. The number of halogens is 1. The highest BCUT2D eigenvalue weighted by Gasteiger charge is 2.30. The van der Waals surface area contributed by atoms with Crippen LogP contribution in [-0.2, 0) is 6.42 Å². The Morgan fingerprint density at radius 2 is 1.80 bits per heavy atom. The summed E-state index contributed by atoms with van der Waals surface area (Å²) in [4.78, 5) is 2.25. The van der Waals surface area contributed by atoms with Gasteiger partial charge in [-0.3, -0.25) is 0 Å². The molecule has 0 spiro atoms. The Labute approximate surface area is 119 Å². The van der Waals surface area contributed by atoms with E-state index in [0.717, 1.165) is 24.3 Å². The summed E-state index contributed by atoms with van der Waals surface area (Å²) in [6.07, 6.45) is 1.01. The van der Waals surface area contributed by atoms with Crippen LogP contribution >= 0.6 is 0 Å². The number of hydrogen-bond acceptors (Lipinski definition) is 2. The molecular formula is C17H19FN2. The Morgan fingerprint density at radius 1 is 1.10 bits per heavy atom. The van der Waals surface area contributed by atoms with Gasteiger partial charge >= 0.3 is 0 Å². The third-order valence-corrected chi connectivity index (χ3v) is 3.79. The Kier molecular flexibility index (Phi) is 2.93. The van der Waals surface area contributed by atoms with Gasteiger partial charge in [0, 0.05) is 23.6 Å². The molecule has 1 aliphatic heterocycles. The average Bonchev–Trinajstić information content (AvgIpc) is 2.37. The summed E-state index contributed by atoms with van der Waals surface area (Å²) in [5, 5.41) is 0. The average molecular weight is 270 g/mol. The maximum Gasteiger partial charge on any atom is 0.123 e. The van der Waals surface area contributed by atoms with Gasteiger partial charge in [0.1, 0.15) is 5.82 Å². The topological polar surface area (TPSA) is 29.3 Å². The van der Waals surface area contributed by atoms with Gasteiger partial charge in [-0.25, -0.2) is 4.39 Å². The van der Waals surface area contributed by atoms with Gasteiger partial charge in [-0.1, -0.05) is 13.8 Å². The van der Waals surface area contributed by atoms with Crippen molar-refractivity contribution in [1.29, 1.82) is 0 Å². The van der Waals surface area contributed by atoms with E-state index in [4.69, 9.17) is 5.73 Å². The zero-order valence-corrected chi connectivity index (χ0v) is 11.9. The lowest BCUT2D eigenvalue weighted by molar-refractivity contribution is 0.361. The number of fused-ring (bicyclic) bond motifs is 1. The molecule has 0 radical (unpaired) electrons. The van der Waals surface area contributed by atoms with E-state index in [9.17, 15) is 4.39 Å². The van der Waals surface area contributed by atoms with Gasteiger partial charge in [-0.05, 0) is 59.9 Å². The van der Waals surface area contributed by atoms with Crippen molar-refractivity contribution in [2.75, 3.05) is 17.2 Å². The van der Waals surface area contributed by atoms with Gasteiger partial charge in [-0.15, -0.1) is 0 Å². The smallest absolute Gasteiger partial charge is 0.123 e. The van der Waals surface area contributed by atoms with Gasteiger partial charge in [0.15, 0.2) is 0 Å². The van der Waals surface area contributed by atoms with E-state index in [-0.39, 0.29) is 11.2 Å². The highest BCUT2D eigenvalue weighted by Crippen LogP contribution is 2.40. The first-order valence-corrected chi connectivity index (χ1v) is 6.86. The fourth-order valence-electron chi connectivity index (χ4n) is 2.95. The molecule has 2 aromatic rings. The predicted molar refractivity (Wildman–Crippen MR) is 81.7 cm³/mol. The van der Waals surface area contributed by atoms with Crippen molar-refractivity contribution in [3.05, 3.63) is 53.8 Å². The SMILES string of the molecule is CC1(C)Cc2cc(N)ccc2N(c2ccc(F)cc2)C1. The van der Waals surface area contributed by atoms with Crippen LogP contribution in [-0.4, -0.2) is 6.54 Å². The van der Waals surface area contributed by atoms with Crippen LogP contribution in [0.1, 0.15) is 19.4 Å². The van der Waals surface area contributed by atoms with Crippen LogP contribution in [0, 0.1) is 11.2 Å². The second kappa shape index (κ2) is 4.51. The quantitative estimate of drug-likeness (QED) is 0.789. The van der Waals surface area contributed by atoms with Crippen LogP contribution in [0.4, 0.5) is 21.5 Å². The van der Waals surface area contributed by atoms with Crippen LogP contribution in [0.15, 0.2) is 42.5 Å². The molecular weight excluding hydrogens is 251 g/mol. The van der Waals surface area contributed by atoms with Gasteiger partial charge < -0.3 is 10.6 Å². The van der Waals surface area contributed by atoms with Crippen molar-refractivity contribution in [2.24, 2.45) is 5.41 Å². The Morgan fingerprint density at radius 3 is 2.50 bits per heavy atom. The van der Waals surface area contributed by atoms with Crippen LogP contribution in [0.2, 0.25) is 0 Å². The van der Waals surface area contributed by atoms with Gasteiger partial charge in [0.05, 0.1) is 0 Å². The number of anilines is 3. The van der Waals surface area contributed by atoms with Crippen molar-refractivity contribution in [1.82, 2.24) is 0 Å². The number of rotatable bonds is 1. The van der Waals surface area contributed by atoms with Gasteiger partial charge in [-0.2, -0.15) is 0 Å². The van der Waals surface area contributed by atoms with Crippen molar-refractivity contribution in [3.8, 4) is 0 Å². The Hall–Kier alpha value is -2.03. The summed E-state index contributed by atoms with van der Waals surface area (Å²) >= 11 is 0. The number of benzene rings is 2. The lowest BCUT2D eigenvalue weighted by Crippen LogP contribution is -2.37. The molecule has 0 unspecified atom stereocenters. The van der Waals surface area contributed by atoms with Crippen LogP contribution < -0.4 is 10.6 Å². The van der Waals surface area contributed by atoms with E-state index in [1.807, 2.05) is 24.3 Å². The molecule has 20 heavy (non-hydrogen) atoms. The van der Waals surface area contributed by atoms with E-state index in [1.165, 1.54) is 23.4 Å². The highest BCUT2D eigenvalue weighted by molar-refractivity contribution is 5.70. The molecule has 1 heterocycles. The fraction of sp³-hybridized carbons (Fsp3) is 0.294. The molecule has 2 aromatic carbocycles. The first-order chi connectivity index (χ1) is 9.44. The third-order valence-electron chi connectivity index (χ3n) is 3.79. The molecule has 2 nitrogen and oxygen atoms in total. The van der Waals surface area contributed by atoms with Crippen molar-refractivity contribution in [3.63, 3.8) is 0 Å². The first kappa shape index (κ1) is 13.0. The lowest BCUT2D eigenvalue weighted by atomic mass is 9.81. The molecule has 0 saturated carbocycles. The van der Waals surface area contributed by atoms with E-state index < -0.39 is 0 Å². The normalized spacial score (nSPS) is 16.9. The monoisotopic (exact) mass is 270 g/mol. The van der Waals surface area contributed by atoms with Crippen molar-refractivity contribution >= 4 is 17.1 Å². The highest BCUT2D eigenvalue weighted by atomic mass is 19.1. The standard InChI is InChI=1S/C17H19FN2/c1-17(2)10-12-9-14(19)5-8-16(12)20(11-17)15-6-3-13(18)4-7-15/h3-9H,10-11,19H2,1-2H3. The Balaban J connectivity index is 2.09. The molecule has 0 bridgehead atoms. The molecule has 0 atom stereocenters. The lowest BCUT2D eigenvalue weighted by Gasteiger charge is -2.41. The molecule has 3 rings (SSSR count). The maximum absolute atomic E-state index is 13.1. The van der Waals surface area contributed by atoms with E-state index >= 15 is 0 Å². The zero-order chi connectivity index (χ0) is 14.3. The van der Waals surface area contributed by atoms with E-state index in [0.29, 0.717) is 0 Å². The Bertz CT molecular complexity index is 632. The predicted octanol–water partition coefficient (Wildman–Crippen LogP) is 4.13. The van der Waals surface area contributed by atoms with Crippen LogP contribution in [0.25, 0.3) is 0 Å². The molecule has 1 aliphatic rings. The molecule has 0 aliphatic carbocycles. The molecule has 2 N–H and O–H groups in total. The van der Waals surface area contributed by atoms with Gasteiger partial charge in [0.2, 0.25) is 0 Å². The summed E-state index contributed by atoms with van der Waals surface area (Å²) in [6.45, 7) is 5.40. The summed E-state index contributed by atoms with van der Waals surface area (Å²) in [7, 11) is 0. The maximum atomic E-state index is 13.1. The van der Waals surface area contributed by atoms with Crippen molar-refractivity contribution in [2.45, 2.75) is 20.3 Å². The minimum Gasteiger partial charge on any atom is -0.399 e. The third kappa shape index (κ3) is 2.36. The van der Waals surface area contributed by atoms with Crippen LogP contribution in [0.5, 0.6) is 0 Å².